The number of aliphatic hydroxyl groups excluding tert-OH is 3. The van der Waals surface area contributed by atoms with Gasteiger partial charge in [-0.1, -0.05) is 44.2 Å². The van der Waals surface area contributed by atoms with Crippen molar-refractivity contribution in [1.82, 2.24) is 0 Å². The standard InChI is InChI=1S/C24H25FO4S.C2H6/c1-14-2-3-16(24-23(28)21(27)12-19(13-26)29-24)10-17(14)11-20-8-9-22(30-20)15-4-6-18(25)7-5-15;1-2/h2-10,19,21,23-24,26-28H,11-13H2,1H3;1-2H3/t19-,21-,23+,24-;/m0./s1. The first-order chi connectivity index (χ1) is 15.4. The fraction of sp³-hybridized carbons (Fsp3) is 0.385. The minimum atomic E-state index is -1.03. The molecule has 4 nitrogen and oxygen atoms in total. The number of halogens is 1. The quantitative estimate of drug-likeness (QED) is 0.502. The molecular weight excluding hydrogens is 427 g/mol. The van der Waals surface area contributed by atoms with Crippen molar-refractivity contribution in [1.29, 1.82) is 0 Å². The summed E-state index contributed by atoms with van der Waals surface area (Å²) in [6.07, 6.45) is -2.19. The van der Waals surface area contributed by atoms with Gasteiger partial charge in [0.25, 0.3) is 0 Å². The van der Waals surface area contributed by atoms with Crippen LogP contribution in [-0.4, -0.2) is 40.2 Å². The molecule has 1 aliphatic rings. The number of thiophene rings is 1. The molecule has 32 heavy (non-hydrogen) atoms. The average molecular weight is 459 g/mol. The molecule has 2 heterocycles. The van der Waals surface area contributed by atoms with Crippen molar-refractivity contribution in [2.24, 2.45) is 0 Å². The summed E-state index contributed by atoms with van der Waals surface area (Å²) in [6, 6.07) is 16.5. The van der Waals surface area contributed by atoms with Crippen molar-refractivity contribution in [3.8, 4) is 10.4 Å². The van der Waals surface area contributed by atoms with E-state index in [2.05, 4.69) is 6.07 Å². The topological polar surface area (TPSA) is 69.9 Å². The van der Waals surface area contributed by atoms with Gasteiger partial charge in [0.1, 0.15) is 18.0 Å². The normalized spacial score (nSPS) is 22.8. The molecule has 0 saturated carbocycles. The smallest absolute Gasteiger partial charge is 0.123 e. The van der Waals surface area contributed by atoms with Crippen molar-refractivity contribution in [2.75, 3.05) is 6.61 Å². The van der Waals surface area contributed by atoms with Gasteiger partial charge in [-0.25, -0.2) is 4.39 Å². The van der Waals surface area contributed by atoms with Crippen molar-refractivity contribution in [3.05, 3.63) is 82.0 Å². The second-order valence-corrected chi connectivity index (χ2v) is 8.96. The highest BCUT2D eigenvalue weighted by molar-refractivity contribution is 7.15. The SMILES string of the molecule is CC.Cc1ccc([C@@H]2O[C@H](CO)C[C@H](O)[C@H]2O)cc1Cc1ccc(-c2ccc(F)cc2)s1. The number of aliphatic hydroxyl groups is 3. The minimum absolute atomic E-state index is 0.194. The van der Waals surface area contributed by atoms with E-state index in [9.17, 15) is 19.7 Å². The van der Waals surface area contributed by atoms with Crippen LogP contribution in [0.5, 0.6) is 0 Å². The molecule has 1 aromatic heterocycles. The second-order valence-electron chi connectivity index (χ2n) is 7.79. The molecule has 172 valence electrons. The van der Waals surface area contributed by atoms with Gasteiger partial charge in [-0.3, -0.25) is 0 Å². The first-order valence-corrected chi connectivity index (χ1v) is 11.8. The molecule has 0 bridgehead atoms. The molecule has 0 radical (unpaired) electrons. The summed E-state index contributed by atoms with van der Waals surface area (Å²) in [4.78, 5) is 2.26. The lowest BCUT2D eigenvalue weighted by atomic mass is 9.91. The van der Waals surface area contributed by atoms with E-state index in [1.165, 1.54) is 17.0 Å². The zero-order valence-corrected chi connectivity index (χ0v) is 19.5. The second kappa shape index (κ2) is 11.2. The first-order valence-electron chi connectivity index (χ1n) is 11.0. The Hall–Kier alpha value is -2.09. The van der Waals surface area contributed by atoms with Crippen LogP contribution >= 0.6 is 11.3 Å². The lowest BCUT2D eigenvalue weighted by Crippen LogP contribution is -2.44. The Kier molecular flexibility index (Phi) is 8.57. The Bertz CT molecular complexity index is 1000. The predicted octanol–water partition coefficient (Wildman–Crippen LogP) is 5.02. The molecule has 0 aliphatic carbocycles. The fourth-order valence-electron chi connectivity index (χ4n) is 3.84. The van der Waals surface area contributed by atoms with E-state index >= 15 is 0 Å². The molecule has 1 aliphatic heterocycles. The van der Waals surface area contributed by atoms with Crippen LogP contribution in [0.3, 0.4) is 0 Å². The van der Waals surface area contributed by atoms with E-state index in [1.807, 2.05) is 45.0 Å². The number of aryl methyl sites for hydroxylation is 1. The van der Waals surface area contributed by atoms with Crippen LogP contribution in [-0.2, 0) is 11.2 Å². The van der Waals surface area contributed by atoms with Gasteiger partial charge >= 0.3 is 0 Å². The van der Waals surface area contributed by atoms with Gasteiger partial charge in [0, 0.05) is 22.6 Å². The predicted molar refractivity (Wildman–Crippen MR) is 126 cm³/mol. The largest absolute Gasteiger partial charge is 0.394 e. The number of benzene rings is 2. The zero-order chi connectivity index (χ0) is 23.3. The molecule has 3 N–H and O–H groups in total. The van der Waals surface area contributed by atoms with E-state index in [0.29, 0.717) is 0 Å². The minimum Gasteiger partial charge on any atom is -0.394 e. The van der Waals surface area contributed by atoms with Crippen LogP contribution in [0, 0.1) is 12.7 Å². The molecule has 0 spiro atoms. The van der Waals surface area contributed by atoms with E-state index in [0.717, 1.165) is 33.6 Å². The zero-order valence-electron chi connectivity index (χ0n) is 18.7. The Morgan fingerprint density at radius 1 is 1.03 bits per heavy atom. The maximum atomic E-state index is 13.2. The third-order valence-electron chi connectivity index (χ3n) is 5.61. The summed E-state index contributed by atoms with van der Waals surface area (Å²) in [5, 5.41) is 30.0. The van der Waals surface area contributed by atoms with Crippen LogP contribution < -0.4 is 0 Å². The van der Waals surface area contributed by atoms with Crippen molar-refractivity contribution >= 4 is 11.3 Å². The van der Waals surface area contributed by atoms with E-state index < -0.39 is 24.4 Å². The van der Waals surface area contributed by atoms with Gasteiger partial charge < -0.3 is 20.1 Å². The summed E-state index contributed by atoms with van der Waals surface area (Å²) < 4.78 is 19.0. The van der Waals surface area contributed by atoms with E-state index in [1.54, 1.807) is 23.5 Å². The summed E-state index contributed by atoms with van der Waals surface area (Å²) in [5.41, 5.74) is 4.01. The Morgan fingerprint density at radius 3 is 2.44 bits per heavy atom. The first kappa shape index (κ1) is 24.6. The monoisotopic (exact) mass is 458 g/mol. The number of hydrogen-bond acceptors (Lipinski definition) is 5. The van der Waals surface area contributed by atoms with Gasteiger partial charge in [-0.05, 0) is 53.4 Å². The molecule has 1 saturated heterocycles. The van der Waals surface area contributed by atoms with Gasteiger partial charge in [0.15, 0.2) is 0 Å². The number of hydrogen-bond donors (Lipinski definition) is 3. The molecule has 3 aromatic rings. The number of ether oxygens (including phenoxy) is 1. The van der Waals surface area contributed by atoms with Crippen LogP contribution in [0.1, 0.15) is 47.9 Å². The van der Waals surface area contributed by atoms with Crippen LogP contribution in [0.4, 0.5) is 4.39 Å². The molecule has 2 aromatic carbocycles. The highest BCUT2D eigenvalue weighted by Gasteiger charge is 2.37. The lowest BCUT2D eigenvalue weighted by Gasteiger charge is -2.37. The highest BCUT2D eigenvalue weighted by atomic mass is 32.1. The Balaban J connectivity index is 0.00000141. The molecule has 0 amide bonds. The van der Waals surface area contributed by atoms with Crippen molar-refractivity contribution in [2.45, 2.75) is 58.0 Å². The highest BCUT2D eigenvalue weighted by Crippen LogP contribution is 2.34. The third-order valence-corrected chi connectivity index (χ3v) is 6.74. The Labute approximate surface area is 192 Å². The van der Waals surface area contributed by atoms with Crippen molar-refractivity contribution < 1.29 is 24.4 Å². The fourth-order valence-corrected chi connectivity index (χ4v) is 4.87. The maximum Gasteiger partial charge on any atom is 0.123 e. The van der Waals surface area contributed by atoms with Gasteiger partial charge in [0.05, 0.1) is 18.8 Å². The van der Waals surface area contributed by atoms with Gasteiger partial charge in [0.2, 0.25) is 0 Å². The van der Waals surface area contributed by atoms with Crippen LogP contribution in [0.25, 0.3) is 10.4 Å². The molecule has 0 unspecified atom stereocenters. The van der Waals surface area contributed by atoms with Crippen LogP contribution in [0.2, 0.25) is 0 Å². The number of rotatable bonds is 5. The molecule has 6 heteroatoms. The van der Waals surface area contributed by atoms with Gasteiger partial charge in [-0.2, -0.15) is 0 Å². The lowest BCUT2D eigenvalue weighted by molar-refractivity contribution is -0.179. The average Bonchev–Trinajstić information content (AvgIpc) is 3.27. The van der Waals surface area contributed by atoms with Crippen molar-refractivity contribution in [3.63, 3.8) is 0 Å². The molecule has 4 rings (SSSR count). The molecular formula is C26H31FO4S. The van der Waals surface area contributed by atoms with E-state index in [-0.39, 0.29) is 18.8 Å². The molecule has 1 fully saturated rings. The van der Waals surface area contributed by atoms with Crippen LogP contribution in [0.15, 0.2) is 54.6 Å². The summed E-state index contributed by atoms with van der Waals surface area (Å²) in [5.74, 6) is -0.247. The third kappa shape index (κ3) is 5.63. The van der Waals surface area contributed by atoms with Gasteiger partial charge in [-0.15, -0.1) is 11.3 Å². The summed E-state index contributed by atoms with van der Waals surface area (Å²) in [7, 11) is 0. The maximum absolute atomic E-state index is 13.2. The summed E-state index contributed by atoms with van der Waals surface area (Å²) >= 11 is 1.67. The van der Waals surface area contributed by atoms with E-state index in [4.69, 9.17) is 4.74 Å². The molecule has 4 atom stereocenters. The summed E-state index contributed by atoms with van der Waals surface area (Å²) in [6.45, 7) is 5.84. The Morgan fingerprint density at radius 2 is 1.75 bits per heavy atom.